The lowest BCUT2D eigenvalue weighted by Crippen LogP contribution is -2.45. The second-order valence-electron chi connectivity index (χ2n) is 8.74. The van der Waals surface area contributed by atoms with Gasteiger partial charge in [-0.05, 0) is 48.6 Å². The molecule has 6 heteroatoms. The fraction of sp³-hybridized carbons (Fsp3) is 0.400. The maximum absolute atomic E-state index is 14.0. The lowest BCUT2D eigenvalue weighted by molar-refractivity contribution is -0.141. The maximum Gasteiger partial charge on any atom is 0.240 e. The van der Waals surface area contributed by atoms with Crippen LogP contribution in [0.4, 0.5) is 4.39 Å². The van der Waals surface area contributed by atoms with E-state index in [9.17, 15) is 18.8 Å². The Bertz CT molecular complexity index is 1040. The van der Waals surface area contributed by atoms with Gasteiger partial charge >= 0.3 is 0 Å². The molecule has 162 valence electrons. The van der Waals surface area contributed by atoms with Crippen LogP contribution in [0.1, 0.15) is 48.3 Å². The first-order valence-corrected chi connectivity index (χ1v) is 10.7. The number of benzene rings is 2. The zero-order valence-corrected chi connectivity index (χ0v) is 17.9. The van der Waals surface area contributed by atoms with E-state index in [-0.39, 0.29) is 30.6 Å². The molecule has 2 fully saturated rings. The van der Waals surface area contributed by atoms with Crippen molar-refractivity contribution in [2.24, 2.45) is 0 Å². The number of rotatable bonds is 4. The predicted molar refractivity (Wildman–Crippen MR) is 115 cm³/mol. The van der Waals surface area contributed by atoms with E-state index in [1.165, 1.54) is 36.4 Å². The highest BCUT2D eigenvalue weighted by Gasteiger charge is 2.53. The van der Waals surface area contributed by atoms with Crippen molar-refractivity contribution in [3.63, 3.8) is 0 Å². The first-order valence-electron chi connectivity index (χ1n) is 10.7. The van der Waals surface area contributed by atoms with Crippen molar-refractivity contribution >= 4 is 17.7 Å². The SMILES string of the molecule is Cc1ccccc1[C@H]1CCCN(C(=O)C[C@]2(c3cccc(F)c3)CC(=O)N(C)C2=O)C1. The van der Waals surface area contributed by atoms with Crippen LogP contribution in [-0.4, -0.2) is 47.7 Å². The Kier molecular flexibility index (Phi) is 5.65. The van der Waals surface area contributed by atoms with Gasteiger partial charge in [0.2, 0.25) is 17.7 Å². The van der Waals surface area contributed by atoms with Crippen LogP contribution in [-0.2, 0) is 19.8 Å². The molecule has 0 N–H and O–H groups in total. The monoisotopic (exact) mass is 422 g/mol. The molecule has 2 saturated heterocycles. The fourth-order valence-electron chi connectivity index (χ4n) is 5.01. The summed E-state index contributed by atoms with van der Waals surface area (Å²) in [6.07, 6.45) is 1.63. The quantitative estimate of drug-likeness (QED) is 0.708. The largest absolute Gasteiger partial charge is 0.342 e. The predicted octanol–water partition coefficient (Wildman–Crippen LogP) is 3.56. The zero-order valence-electron chi connectivity index (χ0n) is 17.9. The molecule has 2 aliphatic rings. The number of carbonyl (C=O) groups excluding carboxylic acids is 3. The Balaban J connectivity index is 1.60. The second kappa shape index (κ2) is 8.25. The van der Waals surface area contributed by atoms with Gasteiger partial charge in [-0.2, -0.15) is 0 Å². The molecule has 0 spiro atoms. The van der Waals surface area contributed by atoms with Crippen LogP contribution in [0.15, 0.2) is 48.5 Å². The third-order valence-corrected chi connectivity index (χ3v) is 6.77. The average Bonchev–Trinajstić information content (AvgIpc) is 2.98. The topological polar surface area (TPSA) is 57.7 Å². The van der Waals surface area contributed by atoms with Gasteiger partial charge in [-0.3, -0.25) is 19.3 Å². The molecule has 4 rings (SSSR count). The minimum Gasteiger partial charge on any atom is -0.342 e. The number of halogens is 1. The number of imide groups is 1. The molecule has 0 aromatic heterocycles. The van der Waals surface area contributed by atoms with Crippen LogP contribution >= 0.6 is 0 Å². The molecular weight excluding hydrogens is 395 g/mol. The van der Waals surface area contributed by atoms with Crippen molar-refractivity contribution in [2.45, 2.75) is 43.9 Å². The Hall–Kier alpha value is -3.02. The summed E-state index contributed by atoms with van der Waals surface area (Å²) in [5.74, 6) is -1.20. The fourth-order valence-corrected chi connectivity index (χ4v) is 5.01. The van der Waals surface area contributed by atoms with Crippen molar-refractivity contribution in [2.75, 3.05) is 20.1 Å². The molecule has 2 aromatic rings. The molecule has 0 aliphatic carbocycles. The van der Waals surface area contributed by atoms with Gasteiger partial charge in [-0.25, -0.2) is 4.39 Å². The summed E-state index contributed by atoms with van der Waals surface area (Å²) in [4.78, 5) is 41.7. The number of hydrogen-bond acceptors (Lipinski definition) is 3. The van der Waals surface area contributed by atoms with E-state index in [1.54, 1.807) is 11.0 Å². The maximum atomic E-state index is 14.0. The summed E-state index contributed by atoms with van der Waals surface area (Å²) < 4.78 is 14.0. The molecule has 5 nitrogen and oxygen atoms in total. The van der Waals surface area contributed by atoms with Crippen LogP contribution in [0.5, 0.6) is 0 Å². The summed E-state index contributed by atoms with van der Waals surface area (Å²) in [7, 11) is 1.42. The van der Waals surface area contributed by atoms with Gasteiger partial charge in [0.25, 0.3) is 0 Å². The van der Waals surface area contributed by atoms with E-state index in [4.69, 9.17) is 0 Å². The van der Waals surface area contributed by atoms with Gasteiger partial charge in [-0.1, -0.05) is 36.4 Å². The van der Waals surface area contributed by atoms with Crippen LogP contribution in [0.2, 0.25) is 0 Å². The lowest BCUT2D eigenvalue weighted by atomic mass is 9.75. The highest BCUT2D eigenvalue weighted by Crippen LogP contribution is 2.40. The molecule has 2 heterocycles. The standard InChI is InChI=1S/C25H27FN2O3/c1-17-7-3-4-11-21(17)18-8-6-12-28(16-18)23(30)15-25(14-22(29)27(2)24(25)31)19-9-5-10-20(26)13-19/h3-5,7,9-11,13,18H,6,8,12,14-16H2,1-2H3/t18-,25-/m0/s1. The number of likely N-dealkylation sites (tertiary alicyclic amines) is 2. The highest BCUT2D eigenvalue weighted by atomic mass is 19.1. The molecule has 0 radical (unpaired) electrons. The van der Waals surface area contributed by atoms with E-state index < -0.39 is 17.1 Å². The first-order chi connectivity index (χ1) is 14.8. The van der Waals surface area contributed by atoms with Crippen molar-refractivity contribution in [1.29, 1.82) is 0 Å². The van der Waals surface area contributed by atoms with Gasteiger partial charge in [0, 0.05) is 38.9 Å². The third kappa shape index (κ3) is 3.87. The van der Waals surface area contributed by atoms with Crippen LogP contribution in [0.3, 0.4) is 0 Å². The zero-order chi connectivity index (χ0) is 22.2. The second-order valence-corrected chi connectivity index (χ2v) is 8.74. The number of likely N-dealkylation sites (N-methyl/N-ethyl adjacent to an activating group) is 1. The van der Waals surface area contributed by atoms with E-state index in [0.717, 1.165) is 17.7 Å². The van der Waals surface area contributed by atoms with Crippen molar-refractivity contribution in [3.8, 4) is 0 Å². The molecule has 3 amide bonds. The summed E-state index contributed by atoms with van der Waals surface area (Å²) in [5, 5.41) is 0. The Morgan fingerprint density at radius 2 is 1.94 bits per heavy atom. The summed E-state index contributed by atoms with van der Waals surface area (Å²) in [6.45, 7) is 3.28. The smallest absolute Gasteiger partial charge is 0.240 e. The molecule has 2 atom stereocenters. The van der Waals surface area contributed by atoms with Gasteiger partial charge in [0.1, 0.15) is 5.82 Å². The normalized spacial score (nSPS) is 24.0. The number of aryl methyl sites for hydroxylation is 1. The number of piperidine rings is 1. The van der Waals surface area contributed by atoms with Crippen molar-refractivity contribution < 1.29 is 18.8 Å². The van der Waals surface area contributed by atoms with Gasteiger partial charge in [0.15, 0.2) is 0 Å². The average molecular weight is 423 g/mol. The Morgan fingerprint density at radius 1 is 1.16 bits per heavy atom. The van der Waals surface area contributed by atoms with E-state index in [2.05, 4.69) is 19.1 Å². The minimum absolute atomic E-state index is 0.118. The van der Waals surface area contributed by atoms with Crippen LogP contribution in [0, 0.1) is 12.7 Å². The van der Waals surface area contributed by atoms with E-state index >= 15 is 0 Å². The molecule has 31 heavy (non-hydrogen) atoms. The number of hydrogen-bond donors (Lipinski definition) is 0. The molecule has 0 unspecified atom stereocenters. The molecule has 0 saturated carbocycles. The number of carbonyl (C=O) groups is 3. The van der Waals surface area contributed by atoms with Crippen LogP contribution < -0.4 is 0 Å². The molecule has 2 aromatic carbocycles. The van der Waals surface area contributed by atoms with E-state index in [0.29, 0.717) is 18.7 Å². The number of amides is 3. The summed E-state index contributed by atoms with van der Waals surface area (Å²) in [6, 6.07) is 13.9. The molecular formula is C25H27FN2O3. The lowest BCUT2D eigenvalue weighted by Gasteiger charge is -2.36. The van der Waals surface area contributed by atoms with Crippen LogP contribution in [0.25, 0.3) is 0 Å². The van der Waals surface area contributed by atoms with E-state index in [1.807, 2.05) is 12.1 Å². The third-order valence-electron chi connectivity index (χ3n) is 6.77. The summed E-state index contributed by atoms with van der Waals surface area (Å²) in [5.41, 5.74) is 1.49. The number of nitrogens with zero attached hydrogens (tertiary/aromatic N) is 2. The summed E-state index contributed by atoms with van der Waals surface area (Å²) >= 11 is 0. The van der Waals surface area contributed by atoms with Crippen molar-refractivity contribution in [1.82, 2.24) is 9.80 Å². The van der Waals surface area contributed by atoms with Gasteiger partial charge in [0.05, 0.1) is 5.41 Å². The molecule has 0 bridgehead atoms. The Labute approximate surface area is 181 Å². The molecule has 2 aliphatic heterocycles. The first kappa shape index (κ1) is 21.2. The van der Waals surface area contributed by atoms with Gasteiger partial charge in [-0.15, -0.1) is 0 Å². The highest BCUT2D eigenvalue weighted by molar-refractivity contribution is 6.10. The van der Waals surface area contributed by atoms with Crippen molar-refractivity contribution in [3.05, 3.63) is 71.0 Å². The van der Waals surface area contributed by atoms with Gasteiger partial charge < -0.3 is 4.90 Å². The Morgan fingerprint density at radius 3 is 2.61 bits per heavy atom. The minimum atomic E-state index is -1.35.